The van der Waals surface area contributed by atoms with Crippen LogP contribution in [0.2, 0.25) is 0 Å². The average Bonchev–Trinajstić information content (AvgIpc) is 3.05. The average molecular weight is 490 g/mol. The third-order valence-electron chi connectivity index (χ3n) is 6.51. The number of hydrogen-bond acceptors (Lipinski definition) is 6. The highest BCUT2D eigenvalue weighted by atomic mass is 16.7. The van der Waals surface area contributed by atoms with E-state index in [2.05, 4.69) is 0 Å². The lowest BCUT2D eigenvalue weighted by Gasteiger charge is -2.32. The van der Waals surface area contributed by atoms with E-state index in [1.807, 2.05) is 82.3 Å². The van der Waals surface area contributed by atoms with Crippen molar-refractivity contribution in [2.24, 2.45) is 0 Å². The molecule has 0 radical (unpaired) electrons. The Balaban J connectivity index is 2.03. The molecule has 1 heterocycles. The second kappa shape index (κ2) is 11.7. The first-order valence-corrected chi connectivity index (χ1v) is 12.3. The minimum absolute atomic E-state index is 0.215. The van der Waals surface area contributed by atoms with Crippen LogP contribution in [-0.2, 0) is 23.6 Å². The fourth-order valence-corrected chi connectivity index (χ4v) is 3.80. The monoisotopic (exact) mass is 490 g/mol. The van der Waals surface area contributed by atoms with Crippen LogP contribution in [0.5, 0.6) is 0 Å². The van der Waals surface area contributed by atoms with Crippen LogP contribution in [0, 0.1) is 0 Å². The van der Waals surface area contributed by atoms with E-state index in [1.165, 1.54) is 6.92 Å². The molecule has 0 aromatic heterocycles. The topological polar surface area (TPSA) is 71.1 Å². The SMILES string of the molecule is CCOC(=O)c1ccc(/C=C/C(=C(\CCOC(C)=O)B2OC(C)(C)C(C)(C)O2)c2ccccc2)cc1. The molecule has 0 N–H and O–H groups in total. The molecule has 0 bridgehead atoms. The smallest absolute Gasteiger partial charge is 0.466 e. The van der Waals surface area contributed by atoms with Gasteiger partial charge in [-0.05, 0) is 68.9 Å². The first-order chi connectivity index (χ1) is 17.0. The molecular formula is C29H35BO6. The molecule has 1 fully saturated rings. The first kappa shape index (κ1) is 27.4. The molecule has 0 aliphatic carbocycles. The van der Waals surface area contributed by atoms with Gasteiger partial charge in [0.2, 0.25) is 0 Å². The summed E-state index contributed by atoms with van der Waals surface area (Å²) in [5.74, 6) is -0.673. The third-order valence-corrected chi connectivity index (χ3v) is 6.51. The summed E-state index contributed by atoms with van der Waals surface area (Å²) in [6, 6.07) is 17.2. The Labute approximate surface area is 214 Å². The van der Waals surface area contributed by atoms with Gasteiger partial charge in [-0.2, -0.15) is 0 Å². The summed E-state index contributed by atoms with van der Waals surface area (Å²) < 4.78 is 23.2. The van der Waals surface area contributed by atoms with Gasteiger partial charge in [-0.3, -0.25) is 4.79 Å². The maximum Gasteiger partial charge on any atom is 0.491 e. The Bertz CT molecular complexity index is 1100. The molecule has 2 aromatic carbocycles. The van der Waals surface area contributed by atoms with Crippen molar-refractivity contribution < 1.29 is 28.4 Å². The Kier molecular flexibility index (Phi) is 8.93. The number of carbonyl (C=O) groups is 2. The van der Waals surface area contributed by atoms with Gasteiger partial charge in [0.25, 0.3) is 0 Å². The van der Waals surface area contributed by atoms with Gasteiger partial charge in [0.1, 0.15) is 0 Å². The van der Waals surface area contributed by atoms with Gasteiger partial charge in [0.15, 0.2) is 0 Å². The fourth-order valence-electron chi connectivity index (χ4n) is 3.80. The van der Waals surface area contributed by atoms with Gasteiger partial charge in [-0.1, -0.05) is 54.6 Å². The molecule has 0 amide bonds. The number of allylic oxidation sites excluding steroid dienone is 2. The summed E-state index contributed by atoms with van der Waals surface area (Å²) in [6.07, 6.45) is 4.45. The predicted octanol–water partition coefficient (Wildman–Crippen LogP) is 5.91. The molecule has 1 saturated heterocycles. The number of hydrogen-bond donors (Lipinski definition) is 0. The van der Waals surface area contributed by atoms with Gasteiger partial charge in [0.05, 0.1) is 30.0 Å². The molecule has 36 heavy (non-hydrogen) atoms. The Morgan fingerprint density at radius 3 is 2.06 bits per heavy atom. The van der Waals surface area contributed by atoms with Crippen LogP contribution in [-0.4, -0.2) is 43.5 Å². The summed E-state index contributed by atoms with van der Waals surface area (Å²) in [5.41, 5.74) is 3.20. The van der Waals surface area contributed by atoms with Crippen LogP contribution < -0.4 is 0 Å². The first-order valence-electron chi connectivity index (χ1n) is 12.3. The van der Waals surface area contributed by atoms with E-state index in [0.29, 0.717) is 18.6 Å². The summed E-state index contributed by atoms with van der Waals surface area (Å²) >= 11 is 0. The molecule has 2 aromatic rings. The highest BCUT2D eigenvalue weighted by Crippen LogP contribution is 2.41. The van der Waals surface area contributed by atoms with Crippen molar-refractivity contribution in [3.8, 4) is 0 Å². The Hall–Kier alpha value is -3.16. The zero-order valence-electron chi connectivity index (χ0n) is 22.0. The van der Waals surface area contributed by atoms with E-state index < -0.39 is 18.3 Å². The minimum atomic E-state index is -0.600. The van der Waals surface area contributed by atoms with Crippen molar-refractivity contribution in [3.05, 3.63) is 82.8 Å². The van der Waals surface area contributed by atoms with Crippen molar-refractivity contribution in [1.82, 2.24) is 0 Å². The maximum absolute atomic E-state index is 12.0. The van der Waals surface area contributed by atoms with E-state index >= 15 is 0 Å². The lowest BCUT2D eigenvalue weighted by molar-refractivity contribution is -0.140. The largest absolute Gasteiger partial charge is 0.491 e. The number of esters is 2. The van der Waals surface area contributed by atoms with E-state index in [9.17, 15) is 9.59 Å². The highest BCUT2D eigenvalue weighted by molar-refractivity contribution is 6.56. The summed E-state index contributed by atoms with van der Waals surface area (Å²) in [5, 5.41) is 0. The van der Waals surface area contributed by atoms with Crippen molar-refractivity contribution in [1.29, 1.82) is 0 Å². The van der Waals surface area contributed by atoms with Crippen molar-refractivity contribution >= 4 is 30.7 Å². The zero-order chi connectivity index (χ0) is 26.3. The van der Waals surface area contributed by atoms with Gasteiger partial charge in [-0.25, -0.2) is 4.79 Å². The number of ether oxygens (including phenoxy) is 2. The summed E-state index contributed by atoms with van der Waals surface area (Å²) in [4.78, 5) is 23.5. The van der Waals surface area contributed by atoms with E-state index in [1.54, 1.807) is 19.1 Å². The van der Waals surface area contributed by atoms with E-state index in [4.69, 9.17) is 18.8 Å². The van der Waals surface area contributed by atoms with Crippen LogP contribution in [0.3, 0.4) is 0 Å². The number of benzene rings is 2. The van der Waals surface area contributed by atoms with Crippen molar-refractivity contribution in [3.63, 3.8) is 0 Å². The molecular weight excluding hydrogens is 455 g/mol. The van der Waals surface area contributed by atoms with Crippen LogP contribution in [0.25, 0.3) is 11.6 Å². The second-order valence-corrected chi connectivity index (χ2v) is 9.66. The molecule has 1 aliphatic rings. The summed E-state index contributed by atoms with van der Waals surface area (Å²) in [6.45, 7) is 11.8. The highest BCUT2D eigenvalue weighted by Gasteiger charge is 2.52. The van der Waals surface area contributed by atoms with Crippen molar-refractivity contribution in [2.75, 3.05) is 13.2 Å². The molecule has 1 aliphatic heterocycles. The van der Waals surface area contributed by atoms with Crippen molar-refractivity contribution in [2.45, 2.75) is 59.2 Å². The van der Waals surface area contributed by atoms with E-state index in [0.717, 1.165) is 22.2 Å². The van der Waals surface area contributed by atoms with Crippen LogP contribution >= 0.6 is 0 Å². The lowest BCUT2D eigenvalue weighted by Crippen LogP contribution is -2.41. The minimum Gasteiger partial charge on any atom is -0.466 e. The Morgan fingerprint density at radius 2 is 1.50 bits per heavy atom. The van der Waals surface area contributed by atoms with Crippen LogP contribution in [0.1, 0.15) is 69.4 Å². The second-order valence-electron chi connectivity index (χ2n) is 9.66. The zero-order valence-corrected chi connectivity index (χ0v) is 22.0. The molecule has 6 nitrogen and oxygen atoms in total. The quantitative estimate of drug-likeness (QED) is 0.247. The maximum atomic E-state index is 12.0. The molecule has 0 saturated carbocycles. The summed E-state index contributed by atoms with van der Waals surface area (Å²) in [7, 11) is -0.600. The van der Waals surface area contributed by atoms with Gasteiger partial charge >= 0.3 is 19.1 Å². The molecule has 3 rings (SSSR count). The number of carbonyl (C=O) groups excluding carboxylic acids is 2. The normalized spacial score (nSPS) is 17.1. The number of rotatable bonds is 9. The molecule has 0 unspecified atom stereocenters. The van der Waals surface area contributed by atoms with Gasteiger partial charge in [0, 0.05) is 13.3 Å². The Morgan fingerprint density at radius 1 is 0.889 bits per heavy atom. The molecule has 0 atom stereocenters. The molecule has 7 heteroatoms. The van der Waals surface area contributed by atoms with Crippen LogP contribution in [0.15, 0.2) is 66.1 Å². The molecule has 0 spiro atoms. The van der Waals surface area contributed by atoms with Crippen LogP contribution in [0.4, 0.5) is 0 Å². The lowest BCUT2D eigenvalue weighted by atomic mass is 9.72. The molecule has 190 valence electrons. The van der Waals surface area contributed by atoms with Gasteiger partial charge in [-0.15, -0.1) is 0 Å². The standard InChI is InChI=1S/C29H35BO6/c1-7-33-27(32)24-16-13-22(14-17-24)15-18-25(23-11-9-8-10-12-23)26(19-20-34-21(2)31)30-35-28(3,4)29(5,6)36-30/h8-18H,7,19-20H2,1-6H3/b18-15+,26-25-. The predicted molar refractivity (Wildman–Crippen MR) is 142 cm³/mol. The van der Waals surface area contributed by atoms with E-state index in [-0.39, 0.29) is 18.5 Å². The fraction of sp³-hybridized carbons (Fsp3) is 0.379. The van der Waals surface area contributed by atoms with Gasteiger partial charge < -0.3 is 18.8 Å². The third kappa shape index (κ3) is 6.74.